The highest BCUT2D eigenvalue weighted by Gasteiger charge is 2.40. The van der Waals surface area contributed by atoms with Crippen LogP contribution in [0.25, 0.3) is 11.2 Å². The molecule has 2 aromatic heterocycles. The molecule has 1 unspecified atom stereocenters. The minimum absolute atomic E-state index is 0.0971. The third-order valence-electron chi connectivity index (χ3n) is 5.05. The van der Waals surface area contributed by atoms with E-state index in [9.17, 15) is 27.9 Å². The second kappa shape index (κ2) is 12.0. The Morgan fingerprint density at radius 3 is 2.84 bits per heavy atom. The minimum Gasteiger partial charge on any atom is -0.394 e. The van der Waals surface area contributed by atoms with E-state index in [-0.39, 0.29) is 36.2 Å². The fourth-order valence-corrected chi connectivity index (χ4v) is 5.46. The van der Waals surface area contributed by atoms with Crippen LogP contribution >= 0.6 is 21.6 Å². The van der Waals surface area contributed by atoms with Crippen LogP contribution in [0.5, 0.6) is 0 Å². The van der Waals surface area contributed by atoms with Crippen LogP contribution in [0.1, 0.15) is 26.5 Å². The molecule has 37 heavy (non-hydrogen) atoms. The van der Waals surface area contributed by atoms with Crippen LogP contribution in [-0.4, -0.2) is 98.1 Å². The van der Waals surface area contributed by atoms with E-state index >= 15 is 0 Å². The van der Waals surface area contributed by atoms with Gasteiger partial charge in [0.05, 0.1) is 25.4 Å². The highest BCUT2D eigenvalue weighted by atomic mass is 33.1. The fourth-order valence-electron chi connectivity index (χ4n) is 3.29. The van der Waals surface area contributed by atoms with Gasteiger partial charge in [-0.3, -0.25) is 19.1 Å². The Labute approximate surface area is 217 Å². The Kier molecular flexibility index (Phi) is 9.49. The van der Waals surface area contributed by atoms with Crippen molar-refractivity contribution in [2.24, 2.45) is 4.99 Å². The summed E-state index contributed by atoms with van der Waals surface area (Å²) < 4.78 is 49.8. The number of aliphatic imine (C=N–C) groups is 1. The molecule has 1 amide bonds. The van der Waals surface area contributed by atoms with Crippen LogP contribution in [-0.2, 0) is 14.3 Å². The molecular formula is C20H28F3N7O5S2. The van der Waals surface area contributed by atoms with E-state index < -0.39 is 40.8 Å². The predicted octanol–water partition coefficient (Wildman–Crippen LogP) is 1.80. The first-order chi connectivity index (χ1) is 17.3. The number of halogens is 3. The van der Waals surface area contributed by atoms with Crippen molar-refractivity contribution in [3.8, 4) is 0 Å². The lowest BCUT2D eigenvalue weighted by atomic mass is 10.2. The number of aromatic amines is 1. The monoisotopic (exact) mass is 567 g/mol. The van der Waals surface area contributed by atoms with Gasteiger partial charge >= 0.3 is 12.1 Å². The van der Waals surface area contributed by atoms with Gasteiger partial charge in [-0.05, 0) is 13.8 Å². The number of alkyl halides is 3. The zero-order valence-corrected chi connectivity index (χ0v) is 22.1. The highest BCUT2D eigenvalue weighted by molar-refractivity contribution is 8.77. The van der Waals surface area contributed by atoms with Crippen molar-refractivity contribution in [3.63, 3.8) is 0 Å². The van der Waals surface area contributed by atoms with Gasteiger partial charge in [-0.25, -0.2) is 9.98 Å². The van der Waals surface area contributed by atoms with E-state index in [1.54, 1.807) is 37.4 Å². The zero-order chi connectivity index (χ0) is 27.4. The largest absolute Gasteiger partial charge is 0.471 e. The number of imidazole rings is 1. The van der Waals surface area contributed by atoms with Crippen molar-refractivity contribution in [1.82, 2.24) is 29.7 Å². The fraction of sp³-hybridized carbons (Fsp3) is 0.650. The molecule has 3 N–H and O–H groups in total. The maximum Gasteiger partial charge on any atom is 0.471 e. The Morgan fingerprint density at radius 1 is 1.46 bits per heavy atom. The quantitative estimate of drug-likeness (QED) is 0.121. The number of rotatable bonds is 11. The molecule has 3 atom stereocenters. The van der Waals surface area contributed by atoms with Crippen molar-refractivity contribution < 1.29 is 32.5 Å². The minimum atomic E-state index is -4.93. The molecule has 206 valence electrons. The van der Waals surface area contributed by atoms with E-state index in [1.807, 2.05) is 5.32 Å². The van der Waals surface area contributed by atoms with Gasteiger partial charge in [-0.1, -0.05) is 21.6 Å². The van der Waals surface area contributed by atoms with Crippen LogP contribution in [0.4, 0.5) is 19.1 Å². The molecule has 12 nitrogen and oxygen atoms in total. The zero-order valence-electron chi connectivity index (χ0n) is 20.5. The van der Waals surface area contributed by atoms with Gasteiger partial charge in [-0.15, -0.1) is 0 Å². The third kappa shape index (κ3) is 7.83. The smallest absolute Gasteiger partial charge is 0.394 e. The molecule has 0 spiro atoms. The summed E-state index contributed by atoms with van der Waals surface area (Å²) in [4.78, 5) is 40.3. The number of nitrogens with zero attached hydrogens (tertiary/aromatic N) is 5. The SMILES string of the molecule is CN(C)/C=N\c1nc2c(ncn2[C@H]2CC(OCSSC(C)(C)CNC(=O)C(F)(F)F)[C@@H](CO)O2)c(=O)[nH]1. The van der Waals surface area contributed by atoms with Gasteiger partial charge in [0.1, 0.15) is 18.3 Å². The van der Waals surface area contributed by atoms with Crippen LogP contribution in [0.3, 0.4) is 0 Å². The van der Waals surface area contributed by atoms with Crippen molar-refractivity contribution >= 4 is 50.9 Å². The van der Waals surface area contributed by atoms with Gasteiger partial charge in [0.2, 0.25) is 5.95 Å². The third-order valence-corrected chi connectivity index (χ3v) is 7.99. The van der Waals surface area contributed by atoms with Crippen LogP contribution in [0, 0.1) is 0 Å². The summed E-state index contributed by atoms with van der Waals surface area (Å²) in [7, 11) is 6.07. The number of hydrogen-bond acceptors (Lipinski definition) is 10. The number of aliphatic hydroxyl groups is 1. The second-order valence-electron chi connectivity index (χ2n) is 8.93. The summed E-state index contributed by atoms with van der Waals surface area (Å²) >= 11 is 0. The summed E-state index contributed by atoms with van der Waals surface area (Å²) in [6.45, 7) is 2.90. The van der Waals surface area contributed by atoms with Gasteiger partial charge < -0.3 is 24.8 Å². The first-order valence-electron chi connectivity index (χ1n) is 11.0. The molecule has 3 heterocycles. The number of aromatic nitrogens is 4. The second-order valence-corrected chi connectivity index (χ2v) is 11.9. The molecule has 1 fully saturated rings. The Hall–Kier alpha value is -2.34. The van der Waals surface area contributed by atoms with E-state index in [0.717, 1.165) is 0 Å². The lowest BCUT2D eigenvalue weighted by Crippen LogP contribution is -2.42. The summed E-state index contributed by atoms with van der Waals surface area (Å²) in [5.74, 6) is -1.73. The maximum absolute atomic E-state index is 12.4. The number of nitrogens with one attached hydrogen (secondary N) is 2. The summed E-state index contributed by atoms with van der Waals surface area (Å²) in [5.41, 5.74) is -0.0738. The molecule has 0 aliphatic carbocycles. The number of fused-ring (bicyclic) bond motifs is 1. The Balaban J connectivity index is 1.59. The number of amides is 1. The first-order valence-corrected chi connectivity index (χ1v) is 13.3. The average molecular weight is 568 g/mol. The highest BCUT2D eigenvalue weighted by Crippen LogP contribution is 2.38. The Morgan fingerprint density at radius 2 is 2.19 bits per heavy atom. The lowest BCUT2D eigenvalue weighted by molar-refractivity contribution is -0.173. The van der Waals surface area contributed by atoms with Gasteiger partial charge in [-0.2, -0.15) is 18.2 Å². The van der Waals surface area contributed by atoms with E-state index in [4.69, 9.17) is 9.47 Å². The number of aliphatic hydroxyl groups excluding tert-OH is 1. The number of carbonyl (C=O) groups excluding carboxylic acids is 1. The topological polar surface area (TPSA) is 147 Å². The summed E-state index contributed by atoms with van der Waals surface area (Å²) in [6.07, 6.45) is -3.45. The van der Waals surface area contributed by atoms with Crippen LogP contribution in [0.2, 0.25) is 0 Å². The standard InChI is InChI=1S/C20H28F3N7O5S2/c1-19(2,7-24-17(33)20(21,22)23)37-36-10-34-11-5-13(35-12(11)6-31)30-9-25-14-15(30)27-18(28-16(14)32)26-8-29(3)4/h8-9,11-13,31H,5-7,10H2,1-4H3,(H,24,33)(H,27,28,32)/b26-8-/t11?,12-,13-/m1/s1. The van der Waals surface area contributed by atoms with E-state index in [2.05, 4.69) is 19.9 Å². The molecule has 1 saturated heterocycles. The average Bonchev–Trinajstić information content (AvgIpc) is 3.42. The molecular weight excluding hydrogens is 539 g/mol. The molecule has 1 aliphatic heterocycles. The normalized spacial score (nSPS) is 20.7. The van der Waals surface area contributed by atoms with E-state index in [1.165, 1.54) is 34.3 Å². The molecule has 17 heteroatoms. The van der Waals surface area contributed by atoms with Crippen molar-refractivity contribution in [1.29, 1.82) is 0 Å². The number of H-pyrrole nitrogens is 1. The van der Waals surface area contributed by atoms with Gasteiger partial charge in [0, 0.05) is 31.8 Å². The van der Waals surface area contributed by atoms with Crippen LogP contribution < -0.4 is 10.9 Å². The van der Waals surface area contributed by atoms with Crippen molar-refractivity contribution in [3.05, 3.63) is 16.7 Å². The summed E-state index contributed by atoms with van der Waals surface area (Å²) in [5, 5.41) is 11.7. The molecule has 0 aromatic carbocycles. The summed E-state index contributed by atoms with van der Waals surface area (Å²) in [6, 6.07) is 0. The van der Waals surface area contributed by atoms with Crippen molar-refractivity contribution in [2.75, 3.05) is 33.2 Å². The molecule has 3 rings (SSSR count). The molecule has 1 aliphatic rings. The molecule has 0 radical (unpaired) electrons. The lowest BCUT2D eigenvalue weighted by Gasteiger charge is -2.24. The van der Waals surface area contributed by atoms with Gasteiger partial charge in [0.25, 0.3) is 5.56 Å². The number of carbonyl (C=O) groups is 1. The first kappa shape index (κ1) is 29.2. The Bertz CT molecular complexity index is 1170. The van der Waals surface area contributed by atoms with Crippen molar-refractivity contribution in [2.45, 2.75) is 49.6 Å². The van der Waals surface area contributed by atoms with E-state index in [0.29, 0.717) is 6.42 Å². The van der Waals surface area contributed by atoms with Crippen LogP contribution in [0.15, 0.2) is 16.1 Å². The van der Waals surface area contributed by atoms with Gasteiger partial charge in [0.15, 0.2) is 11.2 Å². The maximum atomic E-state index is 12.4. The molecule has 2 aromatic rings. The molecule has 0 saturated carbocycles. The number of hydrogen-bond donors (Lipinski definition) is 3. The molecule has 0 bridgehead atoms. The number of ether oxygens (including phenoxy) is 2. The predicted molar refractivity (Wildman–Crippen MR) is 134 cm³/mol.